The second kappa shape index (κ2) is 14.1. The largest absolute Gasteiger partial charge is 0.494 e. The van der Waals surface area contributed by atoms with Gasteiger partial charge >= 0.3 is 0 Å². The average Bonchev–Trinajstić information content (AvgIpc) is 2.84. The summed E-state index contributed by atoms with van der Waals surface area (Å²) in [6.07, 6.45) is 3.18. The topological polar surface area (TPSA) is 96.0 Å². The highest BCUT2D eigenvalue weighted by atomic mass is 35.5. The van der Waals surface area contributed by atoms with Gasteiger partial charge in [-0.3, -0.25) is 13.9 Å². The van der Waals surface area contributed by atoms with E-state index in [1.807, 2.05) is 20.8 Å². The molecular formula is C26H36ClN3O5S. The van der Waals surface area contributed by atoms with E-state index in [0.29, 0.717) is 36.0 Å². The van der Waals surface area contributed by atoms with Crippen LogP contribution in [-0.2, 0) is 26.2 Å². The van der Waals surface area contributed by atoms with Gasteiger partial charge in [0.2, 0.25) is 21.8 Å². The second-order valence-electron chi connectivity index (χ2n) is 8.41. The fraction of sp³-hybridized carbons (Fsp3) is 0.462. The normalized spacial score (nSPS) is 12.0. The summed E-state index contributed by atoms with van der Waals surface area (Å²) in [7, 11) is -3.79. The Morgan fingerprint density at radius 2 is 1.67 bits per heavy atom. The third-order valence-electron chi connectivity index (χ3n) is 5.60. The molecule has 8 nitrogen and oxygen atoms in total. The molecule has 0 saturated heterocycles. The summed E-state index contributed by atoms with van der Waals surface area (Å²) in [5.74, 6) is -0.151. The van der Waals surface area contributed by atoms with E-state index in [0.717, 1.165) is 29.0 Å². The summed E-state index contributed by atoms with van der Waals surface area (Å²) in [5, 5.41) is 3.45. The Labute approximate surface area is 219 Å². The number of rotatable bonds is 14. The number of hydrogen-bond acceptors (Lipinski definition) is 5. The molecule has 0 bridgehead atoms. The first kappa shape index (κ1) is 29.5. The van der Waals surface area contributed by atoms with Crippen LogP contribution in [0.1, 0.15) is 45.6 Å². The fourth-order valence-corrected chi connectivity index (χ4v) is 4.68. The van der Waals surface area contributed by atoms with Gasteiger partial charge in [-0.05, 0) is 61.7 Å². The lowest BCUT2D eigenvalue weighted by Gasteiger charge is -2.33. The molecule has 0 aliphatic carbocycles. The van der Waals surface area contributed by atoms with Gasteiger partial charge in [0.05, 0.1) is 18.6 Å². The lowest BCUT2D eigenvalue weighted by molar-refractivity contribution is -0.140. The summed E-state index contributed by atoms with van der Waals surface area (Å²) in [4.78, 5) is 28.1. The number of carbonyl (C=O) groups excluding carboxylic acids is 2. The average molecular weight is 538 g/mol. The van der Waals surface area contributed by atoms with Crippen LogP contribution in [0.4, 0.5) is 5.69 Å². The predicted molar refractivity (Wildman–Crippen MR) is 144 cm³/mol. The minimum absolute atomic E-state index is 0.136. The number of anilines is 1. The first-order valence-electron chi connectivity index (χ1n) is 12.1. The Morgan fingerprint density at radius 1 is 1.03 bits per heavy atom. The van der Waals surface area contributed by atoms with E-state index in [1.165, 1.54) is 4.90 Å². The summed E-state index contributed by atoms with van der Waals surface area (Å²) in [6, 6.07) is 12.7. The SMILES string of the molecule is CCCCNC(=O)[C@@H](CC)N(Cc1ccc(Cl)cc1)C(=O)CN(c1ccc(OCC)cc1)S(C)(=O)=O. The van der Waals surface area contributed by atoms with Gasteiger partial charge in [0.25, 0.3) is 0 Å². The van der Waals surface area contributed by atoms with Crippen LogP contribution in [0.5, 0.6) is 5.75 Å². The molecule has 10 heteroatoms. The van der Waals surface area contributed by atoms with Crippen molar-refractivity contribution in [1.29, 1.82) is 0 Å². The molecule has 2 rings (SSSR count). The maximum absolute atomic E-state index is 13.6. The molecule has 0 saturated carbocycles. The van der Waals surface area contributed by atoms with E-state index in [1.54, 1.807) is 48.5 Å². The number of benzene rings is 2. The first-order valence-corrected chi connectivity index (χ1v) is 14.3. The van der Waals surface area contributed by atoms with E-state index in [-0.39, 0.29) is 12.5 Å². The van der Waals surface area contributed by atoms with Crippen LogP contribution in [0, 0.1) is 0 Å². The van der Waals surface area contributed by atoms with Gasteiger partial charge in [-0.1, -0.05) is 44.0 Å². The van der Waals surface area contributed by atoms with E-state index in [2.05, 4.69) is 5.32 Å². The molecule has 1 N–H and O–H groups in total. The minimum atomic E-state index is -3.79. The number of hydrogen-bond donors (Lipinski definition) is 1. The number of ether oxygens (including phenoxy) is 1. The van der Waals surface area contributed by atoms with Crippen molar-refractivity contribution in [2.75, 3.05) is 30.3 Å². The molecule has 0 aliphatic heterocycles. The van der Waals surface area contributed by atoms with Gasteiger partial charge in [0, 0.05) is 18.1 Å². The molecule has 198 valence electrons. The van der Waals surface area contributed by atoms with Crippen molar-refractivity contribution >= 4 is 39.1 Å². The smallest absolute Gasteiger partial charge is 0.244 e. The van der Waals surface area contributed by atoms with Gasteiger partial charge in [-0.25, -0.2) is 8.42 Å². The standard InChI is InChI=1S/C26H36ClN3O5S/c1-5-8-17-28-26(32)24(6-2)29(18-20-9-11-21(27)12-10-20)25(31)19-30(36(4,33)34)22-13-15-23(16-14-22)35-7-3/h9-16,24H,5-8,17-19H2,1-4H3,(H,28,32)/t24-/m1/s1. The number of carbonyl (C=O) groups is 2. The van der Waals surface area contributed by atoms with Gasteiger partial charge in [0.15, 0.2) is 0 Å². The van der Waals surface area contributed by atoms with Crippen molar-refractivity contribution in [2.24, 2.45) is 0 Å². The zero-order valence-corrected chi connectivity index (χ0v) is 22.9. The van der Waals surface area contributed by atoms with Crippen LogP contribution in [0.3, 0.4) is 0 Å². The number of unbranched alkanes of at least 4 members (excludes halogenated alkanes) is 1. The lowest BCUT2D eigenvalue weighted by atomic mass is 10.1. The van der Waals surface area contributed by atoms with Crippen molar-refractivity contribution in [3.8, 4) is 5.75 Å². The van der Waals surface area contributed by atoms with Gasteiger partial charge in [-0.15, -0.1) is 0 Å². The first-order chi connectivity index (χ1) is 17.1. The maximum Gasteiger partial charge on any atom is 0.244 e. The van der Waals surface area contributed by atoms with Crippen LogP contribution >= 0.6 is 11.6 Å². The van der Waals surface area contributed by atoms with Gasteiger partial charge < -0.3 is 15.0 Å². The molecule has 1 atom stereocenters. The Morgan fingerprint density at radius 3 is 2.19 bits per heavy atom. The molecule has 0 aromatic heterocycles. The number of halogens is 1. The quantitative estimate of drug-likeness (QED) is 0.364. The second-order valence-corrected chi connectivity index (χ2v) is 10.8. The molecule has 0 spiro atoms. The van der Waals surface area contributed by atoms with E-state index in [4.69, 9.17) is 16.3 Å². The van der Waals surface area contributed by atoms with Crippen LogP contribution in [0.15, 0.2) is 48.5 Å². The molecule has 2 aromatic rings. The minimum Gasteiger partial charge on any atom is -0.494 e. The molecule has 0 heterocycles. The van der Waals surface area contributed by atoms with Crippen molar-refractivity contribution in [3.63, 3.8) is 0 Å². The zero-order valence-electron chi connectivity index (χ0n) is 21.4. The third kappa shape index (κ3) is 8.71. The number of sulfonamides is 1. The highest BCUT2D eigenvalue weighted by molar-refractivity contribution is 7.92. The highest BCUT2D eigenvalue weighted by Gasteiger charge is 2.31. The molecule has 2 amide bonds. The molecule has 36 heavy (non-hydrogen) atoms. The Balaban J connectivity index is 2.37. The molecule has 0 radical (unpaired) electrons. The van der Waals surface area contributed by atoms with Crippen molar-refractivity contribution in [1.82, 2.24) is 10.2 Å². The van der Waals surface area contributed by atoms with Crippen LogP contribution in [0.25, 0.3) is 0 Å². The highest BCUT2D eigenvalue weighted by Crippen LogP contribution is 2.23. The summed E-state index contributed by atoms with van der Waals surface area (Å²) >= 11 is 6.01. The van der Waals surface area contributed by atoms with Crippen LogP contribution < -0.4 is 14.4 Å². The number of amides is 2. The van der Waals surface area contributed by atoms with Crippen molar-refractivity contribution in [2.45, 2.75) is 52.6 Å². The molecule has 2 aromatic carbocycles. The van der Waals surface area contributed by atoms with Crippen molar-refractivity contribution in [3.05, 3.63) is 59.1 Å². The van der Waals surface area contributed by atoms with E-state index in [9.17, 15) is 18.0 Å². The van der Waals surface area contributed by atoms with Crippen molar-refractivity contribution < 1.29 is 22.7 Å². The summed E-state index contributed by atoms with van der Waals surface area (Å²) in [5.41, 5.74) is 1.11. The fourth-order valence-electron chi connectivity index (χ4n) is 3.70. The predicted octanol–water partition coefficient (Wildman–Crippen LogP) is 4.23. The number of nitrogens with zero attached hydrogens (tertiary/aromatic N) is 2. The third-order valence-corrected chi connectivity index (χ3v) is 6.99. The summed E-state index contributed by atoms with van der Waals surface area (Å²) in [6.45, 7) is 6.39. The Hall–Kier alpha value is -2.78. The van der Waals surface area contributed by atoms with E-state index < -0.39 is 28.5 Å². The van der Waals surface area contributed by atoms with Gasteiger partial charge in [-0.2, -0.15) is 0 Å². The van der Waals surface area contributed by atoms with E-state index >= 15 is 0 Å². The number of nitrogens with one attached hydrogen (secondary N) is 1. The zero-order chi connectivity index (χ0) is 26.7. The van der Waals surface area contributed by atoms with Gasteiger partial charge in [0.1, 0.15) is 18.3 Å². The maximum atomic E-state index is 13.6. The monoisotopic (exact) mass is 537 g/mol. The molecule has 0 unspecified atom stereocenters. The summed E-state index contributed by atoms with van der Waals surface area (Å²) < 4.78 is 31.8. The Bertz CT molecular complexity index is 1090. The molecule has 0 fully saturated rings. The van der Waals surface area contributed by atoms with Crippen LogP contribution in [0.2, 0.25) is 5.02 Å². The molecule has 0 aliphatic rings. The van der Waals surface area contributed by atoms with Crippen LogP contribution in [-0.4, -0.2) is 57.1 Å². The molecular weight excluding hydrogens is 502 g/mol. The Kier molecular flexibility index (Phi) is 11.5. The lowest BCUT2D eigenvalue weighted by Crippen LogP contribution is -2.52.